The fourth-order valence-electron chi connectivity index (χ4n) is 3.50. The van der Waals surface area contributed by atoms with Gasteiger partial charge in [0.1, 0.15) is 12.4 Å². The maximum absolute atomic E-state index is 12.8. The fourth-order valence-corrected chi connectivity index (χ4v) is 3.88. The van der Waals surface area contributed by atoms with Crippen LogP contribution in [0.2, 0.25) is 0 Å². The molecule has 0 atom stereocenters. The molecule has 0 aliphatic heterocycles. The van der Waals surface area contributed by atoms with E-state index in [2.05, 4.69) is 37.1 Å². The van der Waals surface area contributed by atoms with Crippen LogP contribution in [0.1, 0.15) is 27.0 Å². The SMILES string of the molecule is Cc1ccc(NC(=O)c2ccccc2NC(=O)C(=O)NN=Cc2cc(Br)ccc2OCc2ccccc2)cc1. The van der Waals surface area contributed by atoms with Crippen molar-refractivity contribution in [2.24, 2.45) is 5.10 Å². The second-order valence-electron chi connectivity index (χ2n) is 8.48. The number of hydrazone groups is 1. The van der Waals surface area contributed by atoms with Crippen molar-refractivity contribution >= 4 is 51.2 Å². The van der Waals surface area contributed by atoms with E-state index in [0.29, 0.717) is 23.6 Å². The summed E-state index contributed by atoms with van der Waals surface area (Å²) in [7, 11) is 0. The van der Waals surface area contributed by atoms with Gasteiger partial charge in [-0.2, -0.15) is 5.10 Å². The summed E-state index contributed by atoms with van der Waals surface area (Å²) in [5, 5.41) is 9.17. The van der Waals surface area contributed by atoms with Crippen molar-refractivity contribution in [3.63, 3.8) is 0 Å². The molecule has 9 heteroatoms. The van der Waals surface area contributed by atoms with E-state index in [1.807, 2.05) is 55.5 Å². The summed E-state index contributed by atoms with van der Waals surface area (Å²) in [4.78, 5) is 37.8. The van der Waals surface area contributed by atoms with Crippen molar-refractivity contribution in [2.45, 2.75) is 13.5 Å². The zero-order valence-corrected chi connectivity index (χ0v) is 22.6. The topological polar surface area (TPSA) is 109 Å². The number of para-hydroxylation sites is 1. The van der Waals surface area contributed by atoms with Crippen LogP contribution in [0, 0.1) is 6.92 Å². The summed E-state index contributed by atoms with van der Waals surface area (Å²) < 4.78 is 6.70. The van der Waals surface area contributed by atoms with Crippen LogP contribution in [0.15, 0.2) is 107 Å². The molecule has 196 valence electrons. The normalized spacial score (nSPS) is 10.6. The molecule has 0 aliphatic rings. The number of rotatable bonds is 8. The summed E-state index contributed by atoms with van der Waals surface area (Å²) in [5.41, 5.74) is 5.88. The highest BCUT2D eigenvalue weighted by Crippen LogP contribution is 2.23. The molecular formula is C30H25BrN4O4. The lowest BCUT2D eigenvalue weighted by molar-refractivity contribution is -0.136. The number of halogens is 1. The van der Waals surface area contributed by atoms with Crippen LogP contribution in [-0.2, 0) is 16.2 Å². The molecule has 0 fully saturated rings. The monoisotopic (exact) mass is 584 g/mol. The number of nitrogens with one attached hydrogen (secondary N) is 3. The molecule has 0 bridgehead atoms. The third kappa shape index (κ3) is 7.86. The lowest BCUT2D eigenvalue weighted by Crippen LogP contribution is -2.33. The summed E-state index contributed by atoms with van der Waals surface area (Å²) in [6, 6.07) is 28.8. The predicted octanol–water partition coefficient (Wildman–Crippen LogP) is 5.68. The molecule has 8 nitrogen and oxygen atoms in total. The van der Waals surface area contributed by atoms with Crippen molar-refractivity contribution in [3.05, 3.63) is 124 Å². The molecule has 0 saturated carbocycles. The molecule has 0 saturated heterocycles. The number of aryl methyl sites for hydroxylation is 1. The maximum Gasteiger partial charge on any atom is 0.329 e. The van der Waals surface area contributed by atoms with Gasteiger partial charge in [0.25, 0.3) is 5.91 Å². The Labute approximate surface area is 234 Å². The van der Waals surface area contributed by atoms with Gasteiger partial charge in [-0.25, -0.2) is 5.43 Å². The van der Waals surface area contributed by atoms with Crippen LogP contribution >= 0.6 is 15.9 Å². The molecular weight excluding hydrogens is 560 g/mol. The van der Waals surface area contributed by atoms with Gasteiger partial charge < -0.3 is 15.4 Å². The van der Waals surface area contributed by atoms with Crippen molar-refractivity contribution in [3.8, 4) is 5.75 Å². The van der Waals surface area contributed by atoms with E-state index < -0.39 is 17.7 Å². The standard InChI is InChI=1S/C30H25BrN4O4/c1-20-11-14-24(15-12-20)33-28(36)25-9-5-6-10-26(25)34-29(37)30(38)35-32-18-22-17-23(31)13-16-27(22)39-19-21-7-3-2-4-8-21/h2-18H,19H2,1H3,(H,33,36)(H,34,37)(H,35,38). The van der Waals surface area contributed by atoms with Gasteiger partial charge in [0.05, 0.1) is 17.5 Å². The van der Waals surface area contributed by atoms with Crippen LogP contribution in [-0.4, -0.2) is 23.9 Å². The van der Waals surface area contributed by atoms with Gasteiger partial charge in [-0.05, 0) is 55.0 Å². The lowest BCUT2D eigenvalue weighted by atomic mass is 10.1. The number of carbonyl (C=O) groups excluding carboxylic acids is 3. The number of hydrogen-bond donors (Lipinski definition) is 3. The van der Waals surface area contributed by atoms with Crippen molar-refractivity contribution in [1.82, 2.24) is 5.43 Å². The smallest absolute Gasteiger partial charge is 0.329 e. The van der Waals surface area contributed by atoms with Gasteiger partial charge in [-0.1, -0.05) is 76.1 Å². The predicted molar refractivity (Wildman–Crippen MR) is 155 cm³/mol. The van der Waals surface area contributed by atoms with Gasteiger partial charge in [0.15, 0.2) is 0 Å². The molecule has 0 unspecified atom stereocenters. The molecule has 4 rings (SSSR count). The number of anilines is 2. The van der Waals surface area contributed by atoms with E-state index in [1.54, 1.807) is 42.5 Å². The highest BCUT2D eigenvalue weighted by Gasteiger charge is 2.18. The van der Waals surface area contributed by atoms with Gasteiger partial charge in [-0.3, -0.25) is 14.4 Å². The zero-order chi connectivity index (χ0) is 27.6. The average molecular weight is 585 g/mol. The largest absolute Gasteiger partial charge is 0.488 e. The number of carbonyl (C=O) groups is 3. The Morgan fingerprint density at radius 1 is 0.846 bits per heavy atom. The Bertz CT molecular complexity index is 1510. The number of benzene rings is 4. The Morgan fingerprint density at radius 2 is 1.56 bits per heavy atom. The zero-order valence-electron chi connectivity index (χ0n) is 21.0. The minimum atomic E-state index is -0.998. The molecule has 4 aromatic rings. The molecule has 0 aliphatic carbocycles. The second-order valence-corrected chi connectivity index (χ2v) is 9.39. The quantitative estimate of drug-likeness (QED) is 0.141. The lowest BCUT2D eigenvalue weighted by Gasteiger charge is -2.11. The van der Waals surface area contributed by atoms with Crippen LogP contribution in [0.3, 0.4) is 0 Å². The molecule has 0 heterocycles. The minimum absolute atomic E-state index is 0.190. The molecule has 3 N–H and O–H groups in total. The highest BCUT2D eigenvalue weighted by molar-refractivity contribution is 9.10. The first kappa shape index (κ1) is 27.3. The third-order valence-corrected chi connectivity index (χ3v) is 6.01. The van der Waals surface area contributed by atoms with E-state index in [0.717, 1.165) is 15.6 Å². The van der Waals surface area contributed by atoms with Gasteiger partial charge in [0.2, 0.25) is 0 Å². The van der Waals surface area contributed by atoms with E-state index >= 15 is 0 Å². The van der Waals surface area contributed by atoms with Gasteiger partial charge >= 0.3 is 11.8 Å². The first-order chi connectivity index (χ1) is 18.9. The molecule has 0 radical (unpaired) electrons. The average Bonchev–Trinajstić information content (AvgIpc) is 2.94. The van der Waals surface area contributed by atoms with Crippen LogP contribution < -0.4 is 20.8 Å². The molecule has 3 amide bonds. The van der Waals surface area contributed by atoms with Crippen molar-refractivity contribution in [1.29, 1.82) is 0 Å². The van der Waals surface area contributed by atoms with Crippen LogP contribution in [0.4, 0.5) is 11.4 Å². The fraction of sp³-hybridized carbons (Fsp3) is 0.0667. The molecule has 0 aromatic heterocycles. The second kappa shape index (κ2) is 13.2. The summed E-state index contributed by atoms with van der Waals surface area (Å²) in [6.07, 6.45) is 1.39. The van der Waals surface area contributed by atoms with Crippen LogP contribution in [0.5, 0.6) is 5.75 Å². The molecule has 39 heavy (non-hydrogen) atoms. The highest BCUT2D eigenvalue weighted by atomic mass is 79.9. The number of ether oxygens (including phenoxy) is 1. The minimum Gasteiger partial charge on any atom is -0.488 e. The summed E-state index contributed by atoms with van der Waals surface area (Å²) >= 11 is 3.41. The maximum atomic E-state index is 12.8. The van der Waals surface area contributed by atoms with E-state index in [-0.39, 0.29) is 11.3 Å². The Hall–Kier alpha value is -4.76. The first-order valence-corrected chi connectivity index (χ1v) is 12.8. The number of amides is 3. The Morgan fingerprint density at radius 3 is 2.33 bits per heavy atom. The van der Waals surface area contributed by atoms with E-state index in [1.165, 1.54) is 12.3 Å². The van der Waals surface area contributed by atoms with Crippen LogP contribution in [0.25, 0.3) is 0 Å². The van der Waals surface area contributed by atoms with Crippen molar-refractivity contribution < 1.29 is 19.1 Å². The Balaban J connectivity index is 1.38. The van der Waals surface area contributed by atoms with Crippen molar-refractivity contribution in [2.75, 3.05) is 10.6 Å². The van der Waals surface area contributed by atoms with E-state index in [4.69, 9.17) is 4.74 Å². The van der Waals surface area contributed by atoms with Gasteiger partial charge in [-0.15, -0.1) is 0 Å². The van der Waals surface area contributed by atoms with E-state index in [9.17, 15) is 14.4 Å². The first-order valence-electron chi connectivity index (χ1n) is 12.0. The number of nitrogens with zero attached hydrogens (tertiary/aromatic N) is 1. The molecule has 0 spiro atoms. The van der Waals surface area contributed by atoms with Gasteiger partial charge in [0, 0.05) is 15.7 Å². The summed E-state index contributed by atoms with van der Waals surface area (Å²) in [5.74, 6) is -1.84. The third-order valence-electron chi connectivity index (χ3n) is 5.51. The Kier molecular flexibility index (Phi) is 9.20. The summed E-state index contributed by atoms with van der Waals surface area (Å²) in [6.45, 7) is 2.30. The molecule has 4 aromatic carbocycles. The number of hydrogen-bond acceptors (Lipinski definition) is 5.